The maximum absolute atomic E-state index is 13.2. The third-order valence-electron chi connectivity index (χ3n) is 4.80. The molecule has 176 valence electrons. The number of carbonyl (C=O) groups is 1. The predicted molar refractivity (Wildman–Crippen MR) is 128 cm³/mol. The smallest absolute Gasteiger partial charge is 0.330 e. The SMILES string of the molecule is CCCCN(C(=O)CSc1nnnn1-c1ccc(Cl)cc1)c1c(N)n(CCC)c(=O)[nH]c1=O. The first-order valence-corrected chi connectivity index (χ1v) is 11.8. The molecule has 13 heteroatoms. The number of aromatic nitrogens is 6. The largest absolute Gasteiger partial charge is 0.383 e. The first-order chi connectivity index (χ1) is 15.9. The number of nitrogens with two attached hydrogens (primary N) is 1. The van der Waals surface area contributed by atoms with E-state index in [1.165, 1.54) is 14.1 Å². The van der Waals surface area contributed by atoms with Gasteiger partial charge in [-0.25, -0.2) is 4.79 Å². The minimum absolute atomic E-state index is 0.0145. The van der Waals surface area contributed by atoms with E-state index in [-0.39, 0.29) is 29.7 Å². The van der Waals surface area contributed by atoms with Gasteiger partial charge in [0, 0.05) is 18.1 Å². The third-order valence-corrected chi connectivity index (χ3v) is 5.96. The van der Waals surface area contributed by atoms with Crippen LogP contribution >= 0.6 is 23.4 Å². The first-order valence-electron chi connectivity index (χ1n) is 10.5. The number of halogens is 1. The van der Waals surface area contributed by atoms with Crippen molar-refractivity contribution >= 4 is 40.8 Å². The van der Waals surface area contributed by atoms with Crippen molar-refractivity contribution in [3.8, 4) is 5.69 Å². The van der Waals surface area contributed by atoms with Gasteiger partial charge < -0.3 is 10.6 Å². The van der Waals surface area contributed by atoms with E-state index in [4.69, 9.17) is 17.3 Å². The molecule has 33 heavy (non-hydrogen) atoms. The minimum Gasteiger partial charge on any atom is -0.383 e. The van der Waals surface area contributed by atoms with E-state index < -0.39 is 11.2 Å². The van der Waals surface area contributed by atoms with Crippen molar-refractivity contribution in [1.82, 2.24) is 29.8 Å². The molecule has 0 fully saturated rings. The number of thioether (sulfide) groups is 1. The third kappa shape index (κ3) is 5.63. The minimum atomic E-state index is -0.690. The number of carbonyl (C=O) groups excluding carboxylic acids is 1. The molecule has 1 aromatic carbocycles. The van der Waals surface area contributed by atoms with Crippen molar-refractivity contribution in [2.24, 2.45) is 0 Å². The van der Waals surface area contributed by atoms with Gasteiger partial charge in [-0.3, -0.25) is 19.1 Å². The van der Waals surface area contributed by atoms with Gasteiger partial charge in [-0.1, -0.05) is 43.6 Å². The van der Waals surface area contributed by atoms with Gasteiger partial charge in [-0.05, 0) is 47.5 Å². The zero-order valence-electron chi connectivity index (χ0n) is 18.3. The topological polar surface area (TPSA) is 145 Å². The molecule has 2 heterocycles. The van der Waals surface area contributed by atoms with Crippen molar-refractivity contribution < 1.29 is 4.79 Å². The summed E-state index contributed by atoms with van der Waals surface area (Å²) in [5.41, 5.74) is 5.57. The number of amides is 1. The number of hydrogen-bond acceptors (Lipinski definition) is 8. The van der Waals surface area contributed by atoms with Gasteiger partial charge in [0.25, 0.3) is 5.56 Å². The Labute approximate surface area is 198 Å². The van der Waals surface area contributed by atoms with Crippen molar-refractivity contribution in [3.63, 3.8) is 0 Å². The Balaban J connectivity index is 1.87. The normalized spacial score (nSPS) is 11.0. The Hall–Kier alpha value is -3.12. The molecule has 3 N–H and O–H groups in total. The van der Waals surface area contributed by atoms with Crippen molar-refractivity contribution in [1.29, 1.82) is 0 Å². The second kappa shape index (κ2) is 11.1. The van der Waals surface area contributed by atoms with E-state index in [0.717, 1.165) is 18.2 Å². The van der Waals surface area contributed by atoms with Crippen LogP contribution in [0.3, 0.4) is 0 Å². The molecule has 0 bridgehead atoms. The van der Waals surface area contributed by atoms with E-state index in [1.807, 2.05) is 13.8 Å². The standard InChI is InChI=1S/C20H25ClN8O3S/c1-3-5-11-27(16-17(22)28(10-4-2)19(32)23-18(16)31)15(30)12-33-20-24-25-26-29(20)14-8-6-13(21)7-9-14/h6-9H,3-5,10-12,22H2,1-2H3,(H,23,31,32). The zero-order chi connectivity index (χ0) is 24.0. The average molecular weight is 493 g/mol. The Kier molecular flexibility index (Phi) is 8.28. The van der Waals surface area contributed by atoms with Crippen LogP contribution in [0.1, 0.15) is 33.1 Å². The van der Waals surface area contributed by atoms with Crippen LogP contribution in [0.4, 0.5) is 11.5 Å². The van der Waals surface area contributed by atoms with Crippen molar-refractivity contribution in [3.05, 3.63) is 50.1 Å². The molecular weight excluding hydrogens is 468 g/mol. The number of rotatable bonds is 10. The van der Waals surface area contributed by atoms with Crippen LogP contribution in [-0.4, -0.2) is 48.0 Å². The quantitative estimate of drug-likeness (QED) is 0.409. The molecule has 0 aliphatic heterocycles. The molecule has 0 unspecified atom stereocenters. The van der Waals surface area contributed by atoms with Crippen LogP contribution in [0.2, 0.25) is 5.02 Å². The van der Waals surface area contributed by atoms with E-state index in [2.05, 4.69) is 20.5 Å². The van der Waals surface area contributed by atoms with Crippen LogP contribution in [0.5, 0.6) is 0 Å². The summed E-state index contributed by atoms with van der Waals surface area (Å²) in [6, 6.07) is 6.94. The van der Waals surface area contributed by atoms with Gasteiger partial charge in [-0.2, -0.15) is 4.68 Å². The number of nitrogen functional groups attached to an aromatic ring is 1. The fourth-order valence-electron chi connectivity index (χ4n) is 3.18. The lowest BCUT2D eigenvalue weighted by Gasteiger charge is -2.24. The van der Waals surface area contributed by atoms with E-state index in [9.17, 15) is 14.4 Å². The summed E-state index contributed by atoms with van der Waals surface area (Å²) in [6.07, 6.45) is 2.10. The van der Waals surface area contributed by atoms with E-state index in [0.29, 0.717) is 35.3 Å². The van der Waals surface area contributed by atoms with Crippen molar-refractivity contribution in [2.45, 2.75) is 44.8 Å². The maximum atomic E-state index is 13.2. The van der Waals surface area contributed by atoms with Gasteiger partial charge in [0.1, 0.15) is 5.82 Å². The number of unbranched alkanes of at least 4 members (excludes halogenated alkanes) is 1. The maximum Gasteiger partial charge on any atom is 0.330 e. The highest BCUT2D eigenvalue weighted by Crippen LogP contribution is 2.23. The van der Waals surface area contributed by atoms with Crippen LogP contribution in [0, 0.1) is 0 Å². The molecule has 1 amide bonds. The van der Waals surface area contributed by atoms with Crippen LogP contribution in [-0.2, 0) is 11.3 Å². The number of tetrazole rings is 1. The first kappa shape index (κ1) is 24.5. The van der Waals surface area contributed by atoms with Gasteiger partial charge in [0.05, 0.1) is 11.4 Å². The molecule has 0 saturated heterocycles. The summed E-state index contributed by atoms with van der Waals surface area (Å²) < 4.78 is 2.77. The fraction of sp³-hybridized carbons (Fsp3) is 0.400. The Morgan fingerprint density at radius 2 is 1.94 bits per heavy atom. The highest BCUT2D eigenvalue weighted by molar-refractivity contribution is 7.99. The van der Waals surface area contributed by atoms with E-state index >= 15 is 0 Å². The van der Waals surface area contributed by atoms with Crippen LogP contribution in [0.15, 0.2) is 39.0 Å². The van der Waals surface area contributed by atoms with Gasteiger partial charge in [0.2, 0.25) is 11.1 Å². The number of anilines is 2. The molecule has 0 spiro atoms. The monoisotopic (exact) mass is 492 g/mol. The second-order valence-corrected chi connectivity index (χ2v) is 8.56. The van der Waals surface area contributed by atoms with Crippen molar-refractivity contribution in [2.75, 3.05) is 22.9 Å². The number of nitrogens with zero attached hydrogens (tertiary/aromatic N) is 6. The molecule has 0 aliphatic rings. The molecular formula is C20H25ClN8O3S. The molecule has 3 rings (SSSR count). The van der Waals surface area contributed by atoms with Crippen LogP contribution < -0.4 is 21.9 Å². The average Bonchev–Trinajstić information content (AvgIpc) is 3.26. The highest BCUT2D eigenvalue weighted by Gasteiger charge is 2.24. The van der Waals surface area contributed by atoms with Gasteiger partial charge in [0.15, 0.2) is 5.69 Å². The summed E-state index contributed by atoms with van der Waals surface area (Å²) >= 11 is 7.07. The summed E-state index contributed by atoms with van der Waals surface area (Å²) in [7, 11) is 0. The number of nitrogens with one attached hydrogen (secondary N) is 1. The molecule has 0 radical (unpaired) electrons. The molecule has 0 atom stereocenters. The lowest BCUT2D eigenvalue weighted by atomic mass is 10.2. The summed E-state index contributed by atoms with van der Waals surface area (Å²) in [6.45, 7) is 4.48. The molecule has 3 aromatic rings. The van der Waals surface area contributed by atoms with E-state index in [1.54, 1.807) is 24.3 Å². The molecule has 0 saturated carbocycles. The van der Waals surface area contributed by atoms with Gasteiger partial charge in [-0.15, -0.1) is 5.10 Å². The van der Waals surface area contributed by atoms with Gasteiger partial charge >= 0.3 is 5.69 Å². The Morgan fingerprint density at radius 1 is 1.21 bits per heavy atom. The number of hydrogen-bond donors (Lipinski definition) is 2. The predicted octanol–water partition coefficient (Wildman–Crippen LogP) is 2.08. The summed E-state index contributed by atoms with van der Waals surface area (Å²) in [4.78, 5) is 41.6. The molecule has 11 nitrogen and oxygen atoms in total. The number of aromatic amines is 1. The zero-order valence-corrected chi connectivity index (χ0v) is 19.9. The molecule has 0 aliphatic carbocycles. The Morgan fingerprint density at radius 3 is 2.61 bits per heavy atom. The fourth-order valence-corrected chi connectivity index (χ4v) is 4.07. The molecule has 2 aromatic heterocycles. The number of H-pyrrole nitrogens is 1. The highest BCUT2D eigenvalue weighted by atomic mass is 35.5. The second-order valence-electron chi connectivity index (χ2n) is 7.18. The Bertz CT molecular complexity index is 1220. The van der Waals surface area contributed by atoms with Crippen LogP contribution in [0.25, 0.3) is 5.69 Å². The lowest BCUT2D eigenvalue weighted by molar-refractivity contribution is -0.116. The lowest BCUT2D eigenvalue weighted by Crippen LogP contribution is -2.42. The number of benzene rings is 1. The summed E-state index contributed by atoms with van der Waals surface area (Å²) in [5, 5.41) is 12.6. The summed E-state index contributed by atoms with van der Waals surface area (Å²) in [5.74, 6) is -0.409.